The summed E-state index contributed by atoms with van der Waals surface area (Å²) in [5.74, 6) is -0.294. The van der Waals surface area contributed by atoms with Crippen molar-refractivity contribution in [1.29, 1.82) is 0 Å². The summed E-state index contributed by atoms with van der Waals surface area (Å²) in [5, 5.41) is 3.62. The number of amides is 1. The molecule has 1 saturated heterocycles. The van der Waals surface area contributed by atoms with Crippen molar-refractivity contribution in [3.63, 3.8) is 0 Å². The second-order valence-electron chi connectivity index (χ2n) is 7.50. The number of benzene rings is 1. The molecule has 0 radical (unpaired) electrons. The van der Waals surface area contributed by atoms with E-state index in [-0.39, 0.29) is 36.2 Å². The largest absolute Gasteiger partial charge is 0.350 e. The molecule has 1 aromatic heterocycles. The highest BCUT2D eigenvalue weighted by atomic mass is 32.2. The fourth-order valence-electron chi connectivity index (χ4n) is 3.34. The van der Waals surface area contributed by atoms with Crippen LogP contribution in [-0.4, -0.2) is 51.7 Å². The van der Waals surface area contributed by atoms with Crippen molar-refractivity contribution < 1.29 is 21.6 Å². The topological polar surface area (TPSA) is 126 Å². The highest BCUT2D eigenvalue weighted by molar-refractivity contribution is 7.92. The van der Waals surface area contributed by atoms with Gasteiger partial charge in [-0.25, -0.2) is 21.6 Å². The molecule has 9 nitrogen and oxygen atoms in total. The fourth-order valence-corrected chi connectivity index (χ4v) is 5.46. The van der Waals surface area contributed by atoms with Crippen LogP contribution < -0.4 is 10.0 Å². The zero-order valence-electron chi connectivity index (χ0n) is 17.5. The van der Waals surface area contributed by atoms with Crippen molar-refractivity contribution in [2.75, 3.05) is 19.6 Å². The molecule has 32 heavy (non-hydrogen) atoms. The van der Waals surface area contributed by atoms with E-state index in [4.69, 9.17) is 0 Å². The predicted octanol–water partition coefficient (Wildman–Crippen LogP) is 1.01. The highest BCUT2D eigenvalue weighted by Crippen LogP contribution is 2.24. The SMILES string of the molecule is C=CS(=O)(=O)NC[C@H]1CCN(S(=O)(=O)c2ccc(CC(=O)NCc3ccccn3)cc2)C1. The maximum absolute atomic E-state index is 12.9. The molecule has 3 rings (SSSR count). The summed E-state index contributed by atoms with van der Waals surface area (Å²) in [6.07, 6.45) is 2.35. The predicted molar refractivity (Wildman–Crippen MR) is 120 cm³/mol. The van der Waals surface area contributed by atoms with Crippen molar-refractivity contribution in [1.82, 2.24) is 19.3 Å². The first-order valence-corrected chi connectivity index (χ1v) is 13.1. The molecule has 0 spiro atoms. The molecule has 172 valence electrons. The molecule has 1 aliphatic rings. The van der Waals surface area contributed by atoms with Gasteiger partial charge in [-0.15, -0.1) is 0 Å². The van der Waals surface area contributed by atoms with E-state index in [9.17, 15) is 21.6 Å². The Morgan fingerprint density at radius 2 is 1.91 bits per heavy atom. The van der Waals surface area contributed by atoms with Gasteiger partial charge in [0.05, 0.1) is 23.6 Å². The molecule has 1 amide bonds. The number of sulfonamides is 2. The van der Waals surface area contributed by atoms with Gasteiger partial charge in [0.25, 0.3) is 0 Å². The number of nitrogens with one attached hydrogen (secondary N) is 2. The Hall–Kier alpha value is -2.60. The van der Waals surface area contributed by atoms with Gasteiger partial charge in [0.15, 0.2) is 0 Å². The minimum atomic E-state index is -3.70. The summed E-state index contributed by atoms with van der Waals surface area (Å²) in [5.41, 5.74) is 1.45. The number of hydrogen-bond donors (Lipinski definition) is 2. The normalized spacial score (nSPS) is 17.2. The van der Waals surface area contributed by atoms with Crippen LogP contribution in [-0.2, 0) is 37.8 Å². The van der Waals surface area contributed by atoms with Gasteiger partial charge < -0.3 is 5.32 Å². The summed E-state index contributed by atoms with van der Waals surface area (Å²) in [4.78, 5) is 16.4. The molecule has 2 N–H and O–H groups in total. The molecule has 1 aliphatic heterocycles. The van der Waals surface area contributed by atoms with Gasteiger partial charge in [0.1, 0.15) is 0 Å². The molecule has 2 aromatic rings. The zero-order valence-corrected chi connectivity index (χ0v) is 19.1. The summed E-state index contributed by atoms with van der Waals surface area (Å²) < 4.78 is 52.6. The molecular formula is C21H26N4O5S2. The number of hydrogen-bond acceptors (Lipinski definition) is 6. The molecule has 0 unspecified atom stereocenters. The first-order valence-electron chi connectivity index (χ1n) is 10.1. The number of pyridine rings is 1. The average Bonchev–Trinajstić information content (AvgIpc) is 3.28. The maximum atomic E-state index is 12.9. The van der Waals surface area contributed by atoms with Gasteiger partial charge in [0.2, 0.25) is 26.0 Å². The van der Waals surface area contributed by atoms with Gasteiger partial charge in [-0.05, 0) is 42.2 Å². The Morgan fingerprint density at radius 3 is 2.56 bits per heavy atom. The van der Waals surface area contributed by atoms with E-state index >= 15 is 0 Å². The summed E-state index contributed by atoms with van der Waals surface area (Å²) in [7, 11) is -7.23. The van der Waals surface area contributed by atoms with Crippen LogP contribution in [0.5, 0.6) is 0 Å². The minimum Gasteiger partial charge on any atom is -0.350 e. The average molecular weight is 479 g/mol. The lowest BCUT2D eigenvalue weighted by molar-refractivity contribution is -0.120. The Balaban J connectivity index is 1.54. The molecule has 0 bridgehead atoms. The summed E-state index contributed by atoms with van der Waals surface area (Å²) in [6.45, 7) is 4.28. The first kappa shape index (κ1) is 24.1. The van der Waals surface area contributed by atoms with Crippen LogP contribution >= 0.6 is 0 Å². The maximum Gasteiger partial charge on any atom is 0.243 e. The van der Waals surface area contributed by atoms with E-state index in [1.165, 1.54) is 16.4 Å². The number of carbonyl (C=O) groups is 1. The van der Waals surface area contributed by atoms with E-state index < -0.39 is 20.0 Å². The van der Waals surface area contributed by atoms with Crippen LogP contribution in [0, 0.1) is 5.92 Å². The van der Waals surface area contributed by atoms with Crippen LogP contribution in [0.2, 0.25) is 0 Å². The number of carbonyl (C=O) groups excluding carboxylic acids is 1. The van der Waals surface area contributed by atoms with Crippen molar-refractivity contribution in [2.24, 2.45) is 5.92 Å². The highest BCUT2D eigenvalue weighted by Gasteiger charge is 2.32. The van der Waals surface area contributed by atoms with Gasteiger partial charge in [-0.2, -0.15) is 4.31 Å². The molecule has 1 aromatic carbocycles. The standard InChI is InChI=1S/C21H26N4O5S2/c1-2-31(27,28)24-14-18-10-12-25(16-18)32(29,30)20-8-6-17(7-9-20)13-21(26)23-15-19-5-3-4-11-22-19/h2-9,11,18,24H,1,10,12-16H2,(H,23,26)/t18-/m1/s1. The monoisotopic (exact) mass is 478 g/mol. The van der Waals surface area contributed by atoms with Crippen LogP contribution in [0.15, 0.2) is 65.5 Å². The Bertz CT molecular complexity index is 1150. The van der Waals surface area contributed by atoms with Crippen molar-refractivity contribution in [3.8, 4) is 0 Å². The van der Waals surface area contributed by atoms with Gasteiger partial charge in [-0.1, -0.05) is 24.8 Å². The van der Waals surface area contributed by atoms with Gasteiger partial charge in [0, 0.05) is 31.2 Å². The Morgan fingerprint density at radius 1 is 1.16 bits per heavy atom. The minimum absolute atomic E-state index is 0.110. The zero-order chi connectivity index (χ0) is 23.2. The quantitative estimate of drug-likeness (QED) is 0.525. The van der Waals surface area contributed by atoms with E-state index in [1.807, 2.05) is 12.1 Å². The molecule has 0 saturated carbocycles. The van der Waals surface area contributed by atoms with E-state index in [2.05, 4.69) is 21.6 Å². The third kappa shape index (κ3) is 6.45. The number of aromatic nitrogens is 1. The van der Waals surface area contributed by atoms with Crippen molar-refractivity contribution in [2.45, 2.75) is 24.3 Å². The second kappa shape index (κ2) is 10.3. The third-order valence-corrected chi connectivity index (χ3v) is 8.05. The molecule has 2 heterocycles. The summed E-state index contributed by atoms with van der Waals surface area (Å²) in [6, 6.07) is 11.7. The van der Waals surface area contributed by atoms with Crippen LogP contribution in [0.1, 0.15) is 17.7 Å². The van der Waals surface area contributed by atoms with Gasteiger partial charge >= 0.3 is 0 Å². The van der Waals surface area contributed by atoms with Crippen LogP contribution in [0.25, 0.3) is 0 Å². The first-order chi connectivity index (χ1) is 15.2. The van der Waals surface area contributed by atoms with Crippen molar-refractivity contribution in [3.05, 3.63) is 71.9 Å². The smallest absolute Gasteiger partial charge is 0.243 e. The summed E-state index contributed by atoms with van der Waals surface area (Å²) >= 11 is 0. The Labute approximate surface area is 188 Å². The number of rotatable bonds is 10. The van der Waals surface area contributed by atoms with Crippen molar-refractivity contribution >= 4 is 26.0 Å². The lowest BCUT2D eigenvalue weighted by Crippen LogP contribution is -2.32. The third-order valence-electron chi connectivity index (χ3n) is 5.16. The lowest BCUT2D eigenvalue weighted by Gasteiger charge is -2.17. The molecule has 0 aliphatic carbocycles. The van der Waals surface area contributed by atoms with Gasteiger partial charge in [-0.3, -0.25) is 9.78 Å². The van der Waals surface area contributed by atoms with E-state index in [1.54, 1.807) is 24.4 Å². The van der Waals surface area contributed by atoms with E-state index in [0.717, 1.165) is 11.1 Å². The Kier molecular flexibility index (Phi) is 7.77. The fraction of sp³-hybridized carbons (Fsp3) is 0.333. The molecule has 1 fully saturated rings. The van der Waals surface area contributed by atoms with Crippen LogP contribution in [0.4, 0.5) is 0 Å². The van der Waals surface area contributed by atoms with E-state index in [0.29, 0.717) is 25.1 Å². The lowest BCUT2D eigenvalue weighted by atomic mass is 10.1. The molecule has 1 atom stereocenters. The molecular weight excluding hydrogens is 452 g/mol. The number of nitrogens with zero attached hydrogens (tertiary/aromatic N) is 2. The second-order valence-corrected chi connectivity index (χ2v) is 11.1. The molecule has 11 heteroatoms. The van der Waals surface area contributed by atoms with Crippen LogP contribution in [0.3, 0.4) is 0 Å².